The minimum Gasteiger partial charge on any atom is -0.241 e. The van der Waals surface area contributed by atoms with Crippen molar-refractivity contribution in [1.82, 2.24) is 4.98 Å². The summed E-state index contributed by atoms with van der Waals surface area (Å²) < 4.78 is 0. The molecular formula is C31H25ClN2S. The molecule has 1 heterocycles. The van der Waals surface area contributed by atoms with Gasteiger partial charge in [0.1, 0.15) is 11.1 Å². The Bertz CT molecular complexity index is 1400. The summed E-state index contributed by atoms with van der Waals surface area (Å²) in [6.07, 6.45) is 8.09. The fourth-order valence-corrected chi connectivity index (χ4v) is 4.55. The van der Waals surface area contributed by atoms with E-state index in [1.165, 1.54) is 11.1 Å². The van der Waals surface area contributed by atoms with Gasteiger partial charge in [0.05, 0.1) is 11.3 Å². The van der Waals surface area contributed by atoms with Crippen LogP contribution in [0.1, 0.15) is 44.6 Å². The predicted octanol–water partition coefficient (Wildman–Crippen LogP) is 8.86. The lowest BCUT2D eigenvalue weighted by Gasteiger charge is -2.09. The summed E-state index contributed by atoms with van der Waals surface area (Å²) in [5, 5.41) is 11.4. The van der Waals surface area contributed by atoms with E-state index in [4.69, 9.17) is 16.6 Å². The molecule has 172 valence electrons. The van der Waals surface area contributed by atoms with Gasteiger partial charge in [-0.05, 0) is 60.4 Å². The van der Waals surface area contributed by atoms with E-state index in [1.807, 2.05) is 48.6 Å². The Morgan fingerprint density at radius 3 is 1.94 bits per heavy atom. The van der Waals surface area contributed by atoms with Crippen LogP contribution >= 0.6 is 23.4 Å². The number of rotatable bonds is 7. The Kier molecular flexibility index (Phi) is 8.21. The zero-order valence-corrected chi connectivity index (χ0v) is 21.3. The van der Waals surface area contributed by atoms with Gasteiger partial charge in [-0.15, -0.1) is 11.8 Å². The van der Waals surface area contributed by atoms with Gasteiger partial charge in [0.2, 0.25) is 0 Å². The standard InChI is InChI=1S/C31H25ClN2S/c1-22-3-7-24(8-4-22)11-15-27-19-29(18-14-25-9-5-23(2)6-10-25)34-31(30(27)20-33)35-21-26-12-16-28(32)17-13-26/h3-19H,21H2,1-2H3/b15-11-,18-14+. The van der Waals surface area contributed by atoms with Crippen molar-refractivity contribution in [2.45, 2.75) is 24.6 Å². The SMILES string of the molecule is Cc1ccc(/C=C\c2cc(/C=C/c3ccc(C)cc3)nc(SCc3ccc(Cl)cc3)c2C#N)cc1. The summed E-state index contributed by atoms with van der Waals surface area (Å²) in [5.41, 5.74) is 8.01. The minimum atomic E-state index is 0.583. The van der Waals surface area contributed by atoms with Gasteiger partial charge in [0.25, 0.3) is 0 Å². The topological polar surface area (TPSA) is 36.7 Å². The van der Waals surface area contributed by atoms with Crippen molar-refractivity contribution in [3.05, 3.63) is 129 Å². The van der Waals surface area contributed by atoms with Gasteiger partial charge >= 0.3 is 0 Å². The highest BCUT2D eigenvalue weighted by molar-refractivity contribution is 7.98. The van der Waals surface area contributed by atoms with E-state index < -0.39 is 0 Å². The molecule has 0 saturated heterocycles. The summed E-state index contributed by atoms with van der Waals surface area (Å²) >= 11 is 7.59. The lowest BCUT2D eigenvalue weighted by atomic mass is 10.1. The average Bonchev–Trinajstić information content (AvgIpc) is 2.87. The molecule has 4 heteroatoms. The molecule has 0 radical (unpaired) electrons. The summed E-state index contributed by atoms with van der Waals surface area (Å²) in [6, 6.07) is 28.8. The van der Waals surface area contributed by atoms with Gasteiger partial charge in [-0.1, -0.05) is 102 Å². The van der Waals surface area contributed by atoms with Crippen molar-refractivity contribution in [3.63, 3.8) is 0 Å². The monoisotopic (exact) mass is 492 g/mol. The largest absolute Gasteiger partial charge is 0.241 e. The molecule has 1 aromatic heterocycles. The summed E-state index contributed by atoms with van der Waals surface area (Å²) in [6.45, 7) is 4.15. The fraction of sp³-hybridized carbons (Fsp3) is 0.0968. The van der Waals surface area contributed by atoms with Crippen LogP contribution in [0.15, 0.2) is 83.9 Å². The number of pyridine rings is 1. The first-order valence-corrected chi connectivity index (χ1v) is 12.7. The maximum absolute atomic E-state index is 10.0. The van der Waals surface area contributed by atoms with E-state index in [1.54, 1.807) is 11.8 Å². The first kappa shape index (κ1) is 24.5. The number of nitrogens with zero attached hydrogens (tertiary/aromatic N) is 2. The molecule has 3 aromatic carbocycles. The van der Waals surface area contributed by atoms with E-state index in [2.05, 4.69) is 74.5 Å². The van der Waals surface area contributed by atoms with Crippen LogP contribution in [0.25, 0.3) is 24.3 Å². The molecule has 0 amide bonds. The highest BCUT2D eigenvalue weighted by Gasteiger charge is 2.12. The number of halogens is 1. The van der Waals surface area contributed by atoms with Crippen molar-refractivity contribution >= 4 is 47.7 Å². The highest BCUT2D eigenvalue weighted by Crippen LogP contribution is 2.29. The Labute approximate surface area is 216 Å². The van der Waals surface area contributed by atoms with Crippen LogP contribution in [0.4, 0.5) is 0 Å². The van der Waals surface area contributed by atoms with Crippen molar-refractivity contribution in [3.8, 4) is 6.07 Å². The first-order chi connectivity index (χ1) is 17.0. The molecule has 4 rings (SSSR count). The third kappa shape index (κ3) is 6.96. The van der Waals surface area contributed by atoms with E-state index in [-0.39, 0.29) is 0 Å². The second kappa shape index (κ2) is 11.7. The number of hydrogen-bond donors (Lipinski definition) is 0. The first-order valence-electron chi connectivity index (χ1n) is 11.3. The molecule has 35 heavy (non-hydrogen) atoms. The van der Waals surface area contributed by atoms with E-state index in [0.29, 0.717) is 16.3 Å². The molecule has 2 nitrogen and oxygen atoms in total. The number of benzene rings is 3. The molecule has 0 unspecified atom stereocenters. The van der Waals surface area contributed by atoms with Crippen LogP contribution in [0.2, 0.25) is 5.02 Å². The third-order valence-corrected chi connectivity index (χ3v) is 6.79. The van der Waals surface area contributed by atoms with E-state index in [9.17, 15) is 5.26 Å². The number of aromatic nitrogens is 1. The van der Waals surface area contributed by atoms with Gasteiger partial charge in [0.15, 0.2) is 0 Å². The third-order valence-electron chi connectivity index (χ3n) is 5.49. The van der Waals surface area contributed by atoms with Crippen LogP contribution in [0, 0.1) is 25.2 Å². The molecule has 0 bridgehead atoms. The molecule has 0 atom stereocenters. The van der Waals surface area contributed by atoms with Gasteiger partial charge in [-0.2, -0.15) is 5.26 Å². The number of thioether (sulfide) groups is 1. The maximum Gasteiger partial charge on any atom is 0.115 e. The second-order valence-electron chi connectivity index (χ2n) is 8.33. The molecule has 0 saturated carbocycles. The molecule has 0 spiro atoms. The Morgan fingerprint density at radius 1 is 0.800 bits per heavy atom. The van der Waals surface area contributed by atoms with Crippen molar-refractivity contribution in [2.75, 3.05) is 0 Å². The van der Waals surface area contributed by atoms with Crippen LogP contribution in [0.3, 0.4) is 0 Å². The lowest BCUT2D eigenvalue weighted by Crippen LogP contribution is -1.95. The zero-order chi connectivity index (χ0) is 24.6. The van der Waals surface area contributed by atoms with Gasteiger partial charge < -0.3 is 0 Å². The second-order valence-corrected chi connectivity index (χ2v) is 9.73. The molecule has 4 aromatic rings. The van der Waals surface area contributed by atoms with Crippen LogP contribution in [0.5, 0.6) is 0 Å². The minimum absolute atomic E-state index is 0.583. The Balaban J connectivity index is 1.69. The van der Waals surface area contributed by atoms with Gasteiger partial charge in [-0.3, -0.25) is 0 Å². The summed E-state index contributed by atoms with van der Waals surface area (Å²) in [4.78, 5) is 4.83. The van der Waals surface area contributed by atoms with Crippen molar-refractivity contribution < 1.29 is 0 Å². The number of nitriles is 1. The normalized spacial score (nSPS) is 11.3. The van der Waals surface area contributed by atoms with E-state index >= 15 is 0 Å². The number of hydrogen-bond acceptors (Lipinski definition) is 3. The van der Waals surface area contributed by atoms with Gasteiger partial charge in [0, 0.05) is 10.8 Å². The molecule has 0 aliphatic heterocycles. The lowest BCUT2D eigenvalue weighted by molar-refractivity contribution is 1.09. The summed E-state index contributed by atoms with van der Waals surface area (Å²) in [7, 11) is 0. The van der Waals surface area contributed by atoms with Crippen molar-refractivity contribution in [2.24, 2.45) is 0 Å². The van der Waals surface area contributed by atoms with Crippen LogP contribution in [-0.4, -0.2) is 4.98 Å². The highest BCUT2D eigenvalue weighted by atomic mass is 35.5. The molecular weight excluding hydrogens is 468 g/mol. The molecule has 0 aliphatic rings. The Hall–Kier alpha value is -3.58. The predicted molar refractivity (Wildman–Crippen MR) is 150 cm³/mol. The van der Waals surface area contributed by atoms with Gasteiger partial charge in [-0.25, -0.2) is 4.98 Å². The quantitative estimate of drug-likeness (QED) is 0.242. The molecule has 0 fully saturated rings. The van der Waals surface area contributed by atoms with E-state index in [0.717, 1.165) is 33.0 Å². The average molecular weight is 493 g/mol. The van der Waals surface area contributed by atoms with Crippen LogP contribution in [-0.2, 0) is 5.75 Å². The fourth-order valence-electron chi connectivity index (χ4n) is 3.45. The Morgan fingerprint density at radius 2 is 1.37 bits per heavy atom. The zero-order valence-electron chi connectivity index (χ0n) is 19.7. The van der Waals surface area contributed by atoms with Crippen molar-refractivity contribution in [1.29, 1.82) is 5.26 Å². The molecule has 0 N–H and O–H groups in total. The van der Waals surface area contributed by atoms with Crippen LogP contribution < -0.4 is 0 Å². The smallest absolute Gasteiger partial charge is 0.115 e. The molecule has 0 aliphatic carbocycles. The maximum atomic E-state index is 10.0. The summed E-state index contributed by atoms with van der Waals surface area (Å²) in [5.74, 6) is 0.699. The number of aryl methyl sites for hydroxylation is 2.